The molecule has 4 rings (SSSR count). The zero-order chi connectivity index (χ0) is 15.0. The van der Waals surface area contributed by atoms with Crippen molar-refractivity contribution in [3.05, 3.63) is 12.4 Å². The van der Waals surface area contributed by atoms with Crippen molar-refractivity contribution < 1.29 is 4.74 Å². The first-order valence-corrected chi connectivity index (χ1v) is 8.60. The third-order valence-corrected chi connectivity index (χ3v) is 5.55. The van der Waals surface area contributed by atoms with Gasteiger partial charge in [-0.2, -0.15) is 0 Å². The molecule has 1 aromatic heterocycles. The van der Waals surface area contributed by atoms with Crippen molar-refractivity contribution in [2.75, 3.05) is 44.7 Å². The van der Waals surface area contributed by atoms with Crippen LogP contribution in [0, 0.1) is 11.3 Å². The van der Waals surface area contributed by atoms with E-state index in [0.29, 0.717) is 11.3 Å². The Morgan fingerprint density at radius 3 is 2.95 bits per heavy atom. The third kappa shape index (κ3) is 2.91. The maximum absolute atomic E-state index is 5.24. The molecule has 0 N–H and O–H groups in total. The Labute approximate surface area is 132 Å². The van der Waals surface area contributed by atoms with E-state index in [1.807, 2.05) is 6.07 Å². The van der Waals surface area contributed by atoms with E-state index < -0.39 is 0 Å². The number of nitrogens with zero attached hydrogens (tertiary/aromatic N) is 4. The number of rotatable bonds is 4. The van der Waals surface area contributed by atoms with Gasteiger partial charge in [0.2, 0.25) is 5.88 Å². The lowest BCUT2D eigenvalue weighted by molar-refractivity contribution is 0.216. The Kier molecular flexibility index (Phi) is 3.68. The van der Waals surface area contributed by atoms with Crippen molar-refractivity contribution in [1.29, 1.82) is 0 Å². The van der Waals surface area contributed by atoms with Crippen LogP contribution < -0.4 is 9.64 Å². The topological polar surface area (TPSA) is 41.5 Å². The average molecular weight is 302 g/mol. The number of ether oxygens (including phenoxy) is 1. The fraction of sp³-hybridized carbons (Fsp3) is 0.765. The first-order valence-electron chi connectivity index (χ1n) is 8.60. The highest BCUT2D eigenvalue weighted by molar-refractivity contribution is 5.41. The average Bonchev–Trinajstić information content (AvgIpc) is 3.29. The van der Waals surface area contributed by atoms with E-state index in [0.717, 1.165) is 24.8 Å². The van der Waals surface area contributed by atoms with E-state index in [9.17, 15) is 0 Å². The molecule has 2 saturated heterocycles. The molecule has 0 unspecified atom stereocenters. The van der Waals surface area contributed by atoms with Crippen LogP contribution in [-0.4, -0.2) is 54.7 Å². The van der Waals surface area contributed by atoms with Gasteiger partial charge in [-0.15, -0.1) is 0 Å². The van der Waals surface area contributed by atoms with Gasteiger partial charge in [0.05, 0.1) is 7.11 Å². The molecule has 1 atom stereocenters. The number of piperidine rings is 1. The van der Waals surface area contributed by atoms with Crippen molar-refractivity contribution in [3.8, 4) is 5.88 Å². The molecule has 1 saturated carbocycles. The lowest BCUT2D eigenvalue weighted by Gasteiger charge is -2.41. The molecule has 3 heterocycles. The molecule has 5 nitrogen and oxygen atoms in total. The van der Waals surface area contributed by atoms with Crippen LogP contribution in [0.1, 0.15) is 32.1 Å². The fourth-order valence-electron chi connectivity index (χ4n) is 4.20. The summed E-state index contributed by atoms with van der Waals surface area (Å²) in [6, 6.07) is 1.97. The Morgan fingerprint density at radius 2 is 2.14 bits per heavy atom. The molecule has 5 heteroatoms. The first kappa shape index (κ1) is 14.2. The summed E-state index contributed by atoms with van der Waals surface area (Å²) < 4.78 is 5.24. The van der Waals surface area contributed by atoms with Gasteiger partial charge in [0.15, 0.2) is 0 Å². The van der Waals surface area contributed by atoms with Crippen LogP contribution in [0.2, 0.25) is 0 Å². The second-order valence-corrected chi connectivity index (χ2v) is 7.37. The lowest BCUT2D eigenvalue weighted by Crippen LogP contribution is -2.45. The molecule has 1 spiro atoms. The van der Waals surface area contributed by atoms with Crippen molar-refractivity contribution in [3.63, 3.8) is 0 Å². The highest BCUT2D eigenvalue weighted by Gasteiger charge is 2.42. The van der Waals surface area contributed by atoms with E-state index in [-0.39, 0.29) is 0 Å². The number of hydrogen-bond donors (Lipinski definition) is 0. The molecule has 0 radical (unpaired) electrons. The van der Waals surface area contributed by atoms with E-state index >= 15 is 0 Å². The molecule has 120 valence electrons. The summed E-state index contributed by atoms with van der Waals surface area (Å²) in [6.45, 7) is 6.14. The molecular formula is C17H26N4O. The minimum Gasteiger partial charge on any atom is -0.481 e. The summed E-state index contributed by atoms with van der Waals surface area (Å²) in [6.07, 6.45) is 8.51. The number of methoxy groups -OCH3 is 1. The van der Waals surface area contributed by atoms with Crippen LogP contribution in [0.25, 0.3) is 0 Å². The van der Waals surface area contributed by atoms with Gasteiger partial charge in [0.1, 0.15) is 12.1 Å². The monoisotopic (exact) mass is 302 g/mol. The van der Waals surface area contributed by atoms with Gasteiger partial charge in [0.25, 0.3) is 0 Å². The van der Waals surface area contributed by atoms with Gasteiger partial charge >= 0.3 is 0 Å². The van der Waals surface area contributed by atoms with E-state index in [4.69, 9.17) is 4.74 Å². The van der Waals surface area contributed by atoms with Gasteiger partial charge in [-0.1, -0.05) is 0 Å². The maximum atomic E-state index is 5.24. The largest absolute Gasteiger partial charge is 0.481 e. The van der Waals surface area contributed by atoms with Crippen molar-refractivity contribution in [2.45, 2.75) is 32.1 Å². The summed E-state index contributed by atoms with van der Waals surface area (Å²) >= 11 is 0. The van der Waals surface area contributed by atoms with Gasteiger partial charge in [-0.05, 0) is 44.6 Å². The summed E-state index contributed by atoms with van der Waals surface area (Å²) in [4.78, 5) is 13.7. The minimum atomic E-state index is 0.478. The van der Waals surface area contributed by atoms with Crippen molar-refractivity contribution in [2.24, 2.45) is 11.3 Å². The second-order valence-electron chi connectivity index (χ2n) is 7.37. The van der Waals surface area contributed by atoms with E-state index in [2.05, 4.69) is 19.8 Å². The van der Waals surface area contributed by atoms with E-state index in [1.165, 1.54) is 51.7 Å². The molecule has 0 amide bonds. The van der Waals surface area contributed by atoms with E-state index in [1.54, 1.807) is 13.4 Å². The predicted molar refractivity (Wildman–Crippen MR) is 86.2 cm³/mol. The molecule has 1 aliphatic carbocycles. The number of likely N-dealkylation sites (tertiary alicyclic amines) is 1. The molecule has 2 aliphatic heterocycles. The standard InChI is InChI=1S/C17H26N4O/c1-22-16-9-15(18-13-19-16)21-7-2-5-17(12-21)6-8-20(11-17)10-14-3-4-14/h9,13-14H,2-8,10-12H2,1H3/t17-/m1/s1. The second kappa shape index (κ2) is 5.69. The molecule has 0 aromatic carbocycles. The number of anilines is 1. The van der Waals surface area contributed by atoms with Crippen LogP contribution in [0.4, 0.5) is 5.82 Å². The molecule has 3 aliphatic rings. The molecule has 3 fully saturated rings. The molecule has 22 heavy (non-hydrogen) atoms. The van der Waals surface area contributed by atoms with Gasteiger partial charge < -0.3 is 14.5 Å². The third-order valence-electron chi connectivity index (χ3n) is 5.55. The van der Waals surface area contributed by atoms with Crippen LogP contribution in [0.5, 0.6) is 5.88 Å². The predicted octanol–water partition coefficient (Wildman–Crippen LogP) is 2.19. The van der Waals surface area contributed by atoms with Gasteiger partial charge in [0, 0.05) is 37.7 Å². The SMILES string of the molecule is COc1cc(N2CCC[C@]3(CCN(CC4CC4)C3)C2)ncn1. The highest BCUT2D eigenvalue weighted by Crippen LogP contribution is 2.41. The molecule has 1 aromatic rings. The summed E-state index contributed by atoms with van der Waals surface area (Å²) in [5.41, 5.74) is 0.478. The summed E-state index contributed by atoms with van der Waals surface area (Å²) in [7, 11) is 1.66. The Bertz CT molecular complexity index is 533. The quantitative estimate of drug-likeness (QED) is 0.853. The number of aromatic nitrogens is 2. The van der Waals surface area contributed by atoms with Crippen molar-refractivity contribution in [1.82, 2.24) is 14.9 Å². The minimum absolute atomic E-state index is 0.478. The first-order chi connectivity index (χ1) is 10.8. The smallest absolute Gasteiger partial charge is 0.218 e. The van der Waals surface area contributed by atoms with Gasteiger partial charge in [-0.25, -0.2) is 9.97 Å². The van der Waals surface area contributed by atoms with Crippen LogP contribution >= 0.6 is 0 Å². The van der Waals surface area contributed by atoms with Crippen LogP contribution in [0.3, 0.4) is 0 Å². The summed E-state index contributed by atoms with van der Waals surface area (Å²) in [5.74, 6) is 2.68. The zero-order valence-electron chi connectivity index (χ0n) is 13.5. The van der Waals surface area contributed by atoms with Crippen LogP contribution in [0.15, 0.2) is 12.4 Å². The maximum Gasteiger partial charge on any atom is 0.218 e. The lowest BCUT2D eigenvalue weighted by atomic mass is 9.79. The molecular weight excluding hydrogens is 276 g/mol. The highest BCUT2D eigenvalue weighted by atomic mass is 16.5. The Balaban J connectivity index is 1.44. The molecule has 0 bridgehead atoms. The number of hydrogen-bond acceptors (Lipinski definition) is 5. The summed E-state index contributed by atoms with van der Waals surface area (Å²) in [5, 5.41) is 0. The normalized spacial score (nSPS) is 29.2. The Hall–Kier alpha value is -1.36. The Morgan fingerprint density at radius 1 is 1.23 bits per heavy atom. The van der Waals surface area contributed by atoms with Crippen molar-refractivity contribution >= 4 is 5.82 Å². The van der Waals surface area contributed by atoms with Crippen LogP contribution in [-0.2, 0) is 0 Å². The zero-order valence-corrected chi connectivity index (χ0v) is 13.5. The fourth-order valence-corrected chi connectivity index (χ4v) is 4.20. The van der Waals surface area contributed by atoms with Gasteiger partial charge in [-0.3, -0.25) is 0 Å².